The number of carbonyl (C=O) groups is 2. The van der Waals surface area contributed by atoms with E-state index in [9.17, 15) is 9.59 Å². The highest BCUT2D eigenvalue weighted by Crippen LogP contribution is 2.27. The summed E-state index contributed by atoms with van der Waals surface area (Å²) in [6, 6.07) is 14.0. The molecular formula is C21H27N3O2. The lowest BCUT2D eigenvalue weighted by Crippen LogP contribution is -2.55. The molecule has 138 valence electrons. The van der Waals surface area contributed by atoms with E-state index in [1.807, 2.05) is 47.4 Å². The minimum absolute atomic E-state index is 0.0366. The average Bonchev–Trinajstić information content (AvgIpc) is 2.62. The fourth-order valence-corrected chi connectivity index (χ4v) is 3.55. The van der Waals surface area contributed by atoms with Crippen LogP contribution in [0.4, 0.5) is 0 Å². The molecule has 0 bridgehead atoms. The number of hydrogen-bond donors (Lipinski definition) is 2. The number of likely N-dealkylation sites (tertiary alicyclic amines) is 1. The van der Waals surface area contributed by atoms with Crippen LogP contribution in [0.3, 0.4) is 0 Å². The van der Waals surface area contributed by atoms with E-state index in [2.05, 4.69) is 19.2 Å². The van der Waals surface area contributed by atoms with Crippen molar-refractivity contribution in [3.63, 3.8) is 0 Å². The lowest BCUT2D eigenvalue weighted by atomic mass is 9.79. The Morgan fingerprint density at radius 2 is 1.92 bits per heavy atom. The van der Waals surface area contributed by atoms with Crippen LogP contribution in [0.25, 0.3) is 10.8 Å². The van der Waals surface area contributed by atoms with Crippen LogP contribution in [0.1, 0.15) is 25.8 Å². The van der Waals surface area contributed by atoms with Crippen molar-refractivity contribution in [3.8, 4) is 0 Å². The van der Waals surface area contributed by atoms with Gasteiger partial charge in [-0.2, -0.15) is 0 Å². The highest BCUT2D eigenvalue weighted by Gasteiger charge is 2.35. The minimum atomic E-state index is -0.136. The van der Waals surface area contributed by atoms with Crippen molar-refractivity contribution in [2.45, 2.75) is 32.7 Å². The highest BCUT2D eigenvalue weighted by molar-refractivity contribution is 5.91. The maximum atomic E-state index is 12.4. The first-order valence-corrected chi connectivity index (χ1v) is 9.13. The Bertz CT molecular complexity index is 811. The Morgan fingerprint density at radius 3 is 2.69 bits per heavy atom. The van der Waals surface area contributed by atoms with Gasteiger partial charge in [0.2, 0.25) is 11.8 Å². The molecule has 0 aliphatic carbocycles. The zero-order chi connectivity index (χ0) is 18.7. The van der Waals surface area contributed by atoms with E-state index in [1.165, 1.54) is 0 Å². The number of piperidine rings is 1. The molecule has 0 aromatic heterocycles. The first-order valence-electron chi connectivity index (χ1n) is 9.13. The second-order valence-electron chi connectivity index (χ2n) is 7.79. The Kier molecular flexibility index (Phi) is 5.28. The normalized spacial score (nSPS) is 19.3. The summed E-state index contributed by atoms with van der Waals surface area (Å²) in [5.74, 6) is -0.182. The summed E-state index contributed by atoms with van der Waals surface area (Å²) in [6.07, 6.45) is 1.06. The second-order valence-corrected chi connectivity index (χ2v) is 7.79. The van der Waals surface area contributed by atoms with Crippen LogP contribution in [0.15, 0.2) is 42.5 Å². The van der Waals surface area contributed by atoms with Crippen LogP contribution in [0.5, 0.6) is 0 Å². The van der Waals surface area contributed by atoms with Crippen molar-refractivity contribution >= 4 is 22.6 Å². The second kappa shape index (κ2) is 7.46. The van der Waals surface area contributed by atoms with Crippen molar-refractivity contribution in [2.24, 2.45) is 11.1 Å². The Labute approximate surface area is 154 Å². The van der Waals surface area contributed by atoms with Crippen LogP contribution in [-0.4, -0.2) is 42.4 Å². The van der Waals surface area contributed by atoms with Gasteiger partial charge in [0.05, 0.1) is 13.0 Å². The van der Waals surface area contributed by atoms with E-state index < -0.39 is 0 Å². The van der Waals surface area contributed by atoms with Crippen LogP contribution in [0.2, 0.25) is 0 Å². The minimum Gasteiger partial charge on any atom is -0.347 e. The zero-order valence-electron chi connectivity index (χ0n) is 15.5. The predicted octanol–water partition coefficient (Wildman–Crippen LogP) is 2.08. The van der Waals surface area contributed by atoms with Crippen molar-refractivity contribution in [2.75, 3.05) is 19.6 Å². The summed E-state index contributed by atoms with van der Waals surface area (Å²) in [6.45, 7) is 5.48. The number of nitrogens with one attached hydrogen (secondary N) is 1. The maximum absolute atomic E-state index is 12.4. The van der Waals surface area contributed by atoms with Gasteiger partial charge < -0.3 is 16.0 Å². The van der Waals surface area contributed by atoms with Gasteiger partial charge in [-0.05, 0) is 28.2 Å². The summed E-state index contributed by atoms with van der Waals surface area (Å²) in [7, 11) is 0. The Balaban J connectivity index is 1.56. The molecule has 1 saturated heterocycles. The van der Waals surface area contributed by atoms with Gasteiger partial charge in [0.25, 0.3) is 0 Å². The van der Waals surface area contributed by atoms with Crippen molar-refractivity contribution in [1.82, 2.24) is 10.2 Å². The first kappa shape index (κ1) is 18.4. The number of nitrogens with zero attached hydrogens (tertiary/aromatic N) is 1. The monoisotopic (exact) mass is 353 g/mol. The van der Waals surface area contributed by atoms with Gasteiger partial charge in [-0.25, -0.2) is 0 Å². The number of benzene rings is 2. The highest BCUT2D eigenvalue weighted by atomic mass is 16.2. The molecule has 0 spiro atoms. The summed E-state index contributed by atoms with van der Waals surface area (Å²) >= 11 is 0. The van der Waals surface area contributed by atoms with Crippen molar-refractivity contribution in [3.05, 3.63) is 48.0 Å². The molecule has 1 unspecified atom stereocenters. The van der Waals surface area contributed by atoms with Gasteiger partial charge in [-0.3, -0.25) is 9.59 Å². The number of hydrogen-bond acceptors (Lipinski definition) is 3. The summed E-state index contributed by atoms with van der Waals surface area (Å²) < 4.78 is 0. The molecule has 1 aliphatic heterocycles. The SMILES string of the molecule is CC1(C)CN(C(=O)CNC(=O)Cc2cccc3ccccc23)CCC1N. The lowest BCUT2D eigenvalue weighted by molar-refractivity contribution is -0.135. The molecule has 0 radical (unpaired) electrons. The topological polar surface area (TPSA) is 75.4 Å². The molecular weight excluding hydrogens is 326 g/mol. The van der Waals surface area contributed by atoms with Crippen LogP contribution in [-0.2, 0) is 16.0 Å². The van der Waals surface area contributed by atoms with E-state index in [1.54, 1.807) is 0 Å². The van der Waals surface area contributed by atoms with Crippen molar-refractivity contribution in [1.29, 1.82) is 0 Å². The summed E-state index contributed by atoms with van der Waals surface area (Å²) in [5.41, 5.74) is 6.99. The van der Waals surface area contributed by atoms with E-state index in [0.29, 0.717) is 13.1 Å². The van der Waals surface area contributed by atoms with Gasteiger partial charge in [-0.1, -0.05) is 56.3 Å². The van der Waals surface area contributed by atoms with Crippen molar-refractivity contribution < 1.29 is 9.59 Å². The third-order valence-electron chi connectivity index (χ3n) is 5.33. The van der Waals surface area contributed by atoms with E-state index in [4.69, 9.17) is 5.73 Å². The first-order chi connectivity index (χ1) is 12.4. The van der Waals surface area contributed by atoms with Gasteiger partial charge >= 0.3 is 0 Å². The number of rotatable bonds is 4. The molecule has 1 aliphatic rings. The van der Waals surface area contributed by atoms with E-state index >= 15 is 0 Å². The molecule has 5 heteroatoms. The van der Waals surface area contributed by atoms with Gasteiger partial charge in [-0.15, -0.1) is 0 Å². The molecule has 3 N–H and O–H groups in total. The largest absolute Gasteiger partial charge is 0.347 e. The Morgan fingerprint density at radius 1 is 1.19 bits per heavy atom. The molecule has 5 nitrogen and oxygen atoms in total. The molecule has 1 fully saturated rings. The van der Waals surface area contributed by atoms with Crippen LogP contribution in [0, 0.1) is 5.41 Å². The maximum Gasteiger partial charge on any atom is 0.241 e. The fraction of sp³-hybridized carbons (Fsp3) is 0.429. The van der Waals surface area contributed by atoms with E-state index in [0.717, 1.165) is 22.8 Å². The summed E-state index contributed by atoms with van der Waals surface area (Å²) in [4.78, 5) is 26.6. The molecule has 26 heavy (non-hydrogen) atoms. The standard InChI is InChI=1S/C21H27N3O2/c1-21(2)14-24(11-10-18(21)22)20(26)13-23-19(25)12-16-8-5-7-15-6-3-4-9-17(15)16/h3-9,18H,10-14,22H2,1-2H3,(H,23,25). The lowest BCUT2D eigenvalue weighted by Gasteiger charge is -2.42. The molecule has 0 saturated carbocycles. The zero-order valence-corrected chi connectivity index (χ0v) is 15.5. The smallest absolute Gasteiger partial charge is 0.241 e. The third kappa shape index (κ3) is 4.05. The third-order valence-corrected chi connectivity index (χ3v) is 5.33. The average molecular weight is 353 g/mol. The quantitative estimate of drug-likeness (QED) is 0.884. The van der Waals surface area contributed by atoms with Gasteiger partial charge in [0, 0.05) is 19.1 Å². The molecule has 2 amide bonds. The van der Waals surface area contributed by atoms with Crippen LogP contribution < -0.4 is 11.1 Å². The summed E-state index contributed by atoms with van der Waals surface area (Å²) in [5, 5.41) is 4.95. The number of nitrogens with two attached hydrogens (primary N) is 1. The van der Waals surface area contributed by atoms with Gasteiger partial charge in [0.1, 0.15) is 0 Å². The number of fused-ring (bicyclic) bond motifs is 1. The molecule has 3 rings (SSSR count). The Hall–Kier alpha value is -2.40. The predicted molar refractivity (Wildman–Crippen MR) is 104 cm³/mol. The molecule has 1 heterocycles. The van der Waals surface area contributed by atoms with E-state index in [-0.39, 0.29) is 36.2 Å². The molecule has 2 aromatic rings. The van der Waals surface area contributed by atoms with Crippen LogP contribution >= 0.6 is 0 Å². The number of amides is 2. The fourth-order valence-electron chi connectivity index (χ4n) is 3.55. The molecule has 2 aromatic carbocycles. The number of carbonyl (C=O) groups excluding carboxylic acids is 2. The van der Waals surface area contributed by atoms with Gasteiger partial charge in [0.15, 0.2) is 0 Å². The molecule has 1 atom stereocenters.